The Morgan fingerprint density at radius 2 is 2.07 bits per heavy atom. The van der Waals surface area contributed by atoms with E-state index in [-0.39, 0.29) is 0 Å². The SMILES string of the molecule is COc1cc(C(=O)O)cc2c1CCCC2. The van der Waals surface area contributed by atoms with Gasteiger partial charge in [-0.15, -0.1) is 0 Å². The van der Waals surface area contributed by atoms with E-state index < -0.39 is 5.97 Å². The van der Waals surface area contributed by atoms with Gasteiger partial charge in [-0.05, 0) is 48.9 Å². The highest BCUT2D eigenvalue weighted by molar-refractivity contribution is 5.88. The molecule has 80 valence electrons. The Labute approximate surface area is 88.7 Å². The normalized spacial score (nSPS) is 14.5. The van der Waals surface area contributed by atoms with Crippen LogP contribution in [-0.4, -0.2) is 18.2 Å². The van der Waals surface area contributed by atoms with E-state index >= 15 is 0 Å². The number of aryl methyl sites for hydroxylation is 1. The van der Waals surface area contributed by atoms with Crippen molar-refractivity contribution in [2.45, 2.75) is 25.7 Å². The van der Waals surface area contributed by atoms with Crippen LogP contribution < -0.4 is 4.74 Å². The fourth-order valence-electron chi connectivity index (χ4n) is 2.13. The van der Waals surface area contributed by atoms with Crippen LogP contribution in [0.4, 0.5) is 0 Å². The van der Waals surface area contributed by atoms with Gasteiger partial charge >= 0.3 is 5.97 Å². The first-order chi connectivity index (χ1) is 7.22. The minimum Gasteiger partial charge on any atom is -0.496 e. The maximum absolute atomic E-state index is 10.9. The van der Waals surface area contributed by atoms with E-state index in [9.17, 15) is 4.79 Å². The second-order valence-electron chi connectivity index (χ2n) is 3.83. The van der Waals surface area contributed by atoms with E-state index in [1.807, 2.05) is 0 Å². The molecule has 1 aromatic carbocycles. The van der Waals surface area contributed by atoms with Gasteiger partial charge in [-0.2, -0.15) is 0 Å². The molecule has 2 rings (SSSR count). The molecule has 1 aromatic rings. The quantitative estimate of drug-likeness (QED) is 0.807. The third kappa shape index (κ3) is 1.82. The zero-order valence-corrected chi connectivity index (χ0v) is 8.75. The van der Waals surface area contributed by atoms with E-state index in [1.165, 1.54) is 5.56 Å². The third-order valence-corrected chi connectivity index (χ3v) is 2.89. The topological polar surface area (TPSA) is 46.5 Å². The molecule has 1 N–H and O–H groups in total. The molecule has 0 bridgehead atoms. The Kier molecular flexibility index (Phi) is 2.62. The van der Waals surface area contributed by atoms with E-state index in [2.05, 4.69) is 0 Å². The van der Waals surface area contributed by atoms with Gasteiger partial charge < -0.3 is 9.84 Å². The van der Waals surface area contributed by atoms with Crippen molar-refractivity contribution in [1.82, 2.24) is 0 Å². The smallest absolute Gasteiger partial charge is 0.335 e. The fraction of sp³-hybridized carbons (Fsp3) is 0.417. The standard InChI is InChI=1S/C12H14O3/c1-15-11-7-9(12(13)14)6-8-4-2-3-5-10(8)11/h6-7H,2-5H2,1H3,(H,13,14). The van der Waals surface area contributed by atoms with Gasteiger partial charge in [0.25, 0.3) is 0 Å². The Hall–Kier alpha value is -1.51. The molecule has 0 unspecified atom stereocenters. The van der Waals surface area contributed by atoms with E-state index in [0.29, 0.717) is 5.56 Å². The Morgan fingerprint density at radius 3 is 2.73 bits per heavy atom. The zero-order valence-electron chi connectivity index (χ0n) is 8.75. The van der Waals surface area contributed by atoms with Gasteiger partial charge in [-0.1, -0.05) is 0 Å². The molecule has 0 aliphatic heterocycles. The van der Waals surface area contributed by atoms with Gasteiger partial charge in [-0.3, -0.25) is 0 Å². The molecule has 0 saturated heterocycles. The molecule has 0 heterocycles. The molecule has 1 aliphatic carbocycles. The van der Waals surface area contributed by atoms with Crippen molar-refractivity contribution in [3.63, 3.8) is 0 Å². The van der Waals surface area contributed by atoms with Gasteiger partial charge in [0, 0.05) is 0 Å². The summed E-state index contributed by atoms with van der Waals surface area (Å²) in [6.07, 6.45) is 4.26. The molecule has 3 heteroatoms. The predicted octanol–water partition coefficient (Wildman–Crippen LogP) is 2.27. The van der Waals surface area contributed by atoms with Crippen molar-refractivity contribution in [2.75, 3.05) is 7.11 Å². The number of methoxy groups -OCH3 is 1. The number of ether oxygens (including phenoxy) is 1. The van der Waals surface area contributed by atoms with E-state index in [4.69, 9.17) is 9.84 Å². The number of carboxylic acid groups (broad SMARTS) is 1. The second-order valence-corrected chi connectivity index (χ2v) is 3.83. The average Bonchev–Trinajstić information content (AvgIpc) is 2.27. The van der Waals surface area contributed by atoms with E-state index in [0.717, 1.165) is 37.0 Å². The van der Waals surface area contributed by atoms with Gasteiger partial charge in [0.2, 0.25) is 0 Å². The van der Waals surface area contributed by atoms with Crippen LogP contribution in [0.5, 0.6) is 5.75 Å². The minimum absolute atomic E-state index is 0.326. The van der Waals surface area contributed by atoms with Crippen molar-refractivity contribution in [3.8, 4) is 5.75 Å². The van der Waals surface area contributed by atoms with Crippen molar-refractivity contribution in [3.05, 3.63) is 28.8 Å². The average molecular weight is 206 g/mol. The first-order valence-corrected chi connectivity index (χ1v) is 5.15. The Balaban J connectivity index is 2.52. The van der Waals surface area contributed by atoms with Crippen LogP contribution in [0.25, 0.3) is 0 Å². The Bertz CT molecular complexity index is 379. The first-order valence-electron chi connectivity index (χ1n) is 5.15. The van der Waals surface area contributed by atoms with Gasteiger partial charge in [0.1, 0.15) is 5.75 Å². The Morgan fingerprint density at radius 1 is 1.33 bits per heavy atom. The number of benzene rings is 1. The summed E-state index contributed by atoms with van der Waals surface area (Å²) < 4.78 is 5.24. The summed E-state index contributed by atoms with van der Waals surface area (Å²) in [7, 11) is 1.59. The number of carboxylic acids is 1. The fourth-order valence-corrected chi connectivity index (χ4v) is 2.13. The summed E-state index contributed by atoms with van der Waals surface area (Å²) in [6, 6.07) is 3.39. The molecule has 0 atom stereocenters. The van der Waals surface area contributed by atoms with Crippen LogP contribution in [0.2, 0.25) is 0 Å². The lowest BCUT2D eigenvalue weighted by Gasteiger charge is -2.19. The maximum Gasteiger partial charge on any atom is 0.335 e. The van der Waals surface area contributed by atoms with Crippen LogP contribution >= 0.6 is 0 Å². The molecule has 0 amide bonds. The third-order valence-electron chi connectivity index (χ3n) is 2.89. The molecule has 1 aliphatic rings. The highest BCUT2D eigenvalue weighted by atomic mass is 16.5. The van der Waals surface area contributed by atoms with Gasteiger partial charge in [0.05, 0.1) is 12.7 Å². The van der Waals surface area contributed by atoms with Crippen LogP contribution in [0.15, 0.2) is 12.1 Å². The van der Waals surface area contributed by atoms with E-state index in [1.54, 1.807) is 19.2 Å². The van der Waals surface area contributed by atoms with Crippen molar-refractivity contribution < 1.29 is 14.6 Å². The van der Waals surface area contributed by atoms with Crippen molar-refractivity contribution in [2.24, 2.45) is 0 Å². The summed E-state index contributed by atoms with van der Waals surface area (Å²) in [6.45, 7) is 0. The minimum atomic E-state index is -0.887. The predicted molar refractivity (Wildman–Crippen MR) is 56.6 cm³/mol. The molecule has 0 radical (unpaired) electrons. The monoisotopic (exact) mass is 206 g/mol. The molecular formula is C12H14O3. The molecule has 0 aromatic heterocycles. The molecule has 0 saturated carbocycles. The highest BCUT2D eigenvalue weighted by Crippen LogP contribution is 2.31. The van der Waals surface area contributed by atoms with Crippen LogP contribution in [0, 0.1) is 0 Å². The highest BCUT2D eigenvalue weighted by Gasteiger charge is 2.17. The molecule has 3 nitrogen and oxygen atoms in total. The number of hydrogen-bond donors (Lipinski definition) is 1. The number of hydrogen-bond acceptors (Lipinski definition) is 2. The molecular weight excluding hydrogens is 192 g/mol. The van der Waals surface area contributed by atoms with Gasteiger partial charge in [-0.25, -0.2) is 4.79 Å². The number of fused-ring (bicyclic) bond motifs is 1. The number of carbonyl (C=O) groups is 1. The number of rotatable bonds is 2. The van der Waals surface area contributed by atoms with Crippen molar-refractivity contribution >= 4 is 5.97 Å². The largest absolute Gasteiger partial charge is 0.496 e. The lowest BCUT2D eigenvalue weighted by molar-refractivity contribution is 0.0696. The van der Waals surface area contributed by atoms with Crippen LogP contribution in [-0.2, 0) is 12.8 Å². The van der Waals surface area contributed by atoms with Crippen LogP contribution in [0.3, 0.4) is 0 Å². The first kappa shape index (κ1) is 10.0. The summed E-state index contributed by atoms with van der Waals surface area (Å²) in [5, 5.41) is 8.95. The van der Waals surface area contributed by atoms with Gasteiger partial charge in [0.15, 0.2) is 0 Å². The molecule has 15 heavy (non-hydrogen) atoms. The molecule has 0 fully saturated rings. The second kappa shape index (κ2) is 3.93. The summed E-state index contributed by atoms with van der Waals surface area (Å²) in [5.41, 5.74) is 2.65. The van der Waals surface area contributed by atoms with Crippen molar-refractivity contribution in [1.29, 1.82) is 0 Å². The lowest BCUT2D eigenvalue weighted by Crippen LogP contribution is -2.08. The number of aromatic carboxylic acids is 1. The summed E-state index contributed by atoms with van der Waals surface area (Å²) >= 11 is 0. The summed E-state index contributed by atoms with van der Waals surface area (Å²) in [5.74, 6) is -0.161. The van der Waals surface area contributed by atoms with Crippen LogP contribution in [0.1, 0.15) is 34.3 Å². The molecule has 0 spiro atoms. The lowest BCUT2D eigenvalue weighted by atomic mass is 9.89. The zero-order chi connectivity index (χ0) is 10.8. The summed E-state index contributed by atoms with van der Waals surface area (Å²) in [4.78, 5) is 10.9. The maximum atomic E-state index is 10.9.